The van der Waals surface area contributed by atoms with Crippen molar-refractivity contribution >= 4 is 29.9 Å². The first-order valence-electron chi connectivity index (χ1n) is 8.40. The van der Waals surface area contributed by atoms with Crippen molar-refractivity contribution in [2.24, 2.45) is 17.6 Å². The summed E-state index contributed by atoms with van der Waals surface area (Å²) in [4.78, 5) is 14.9. The van der Waals surface area contributed by atoms with Gasteiger partial charge >= 0.3 is 0 Å². The number of nitrogens with two attached hydrogens (primary N) is 1. The second-order valence-electron chi connectivity index (χ2n) is 6.91. The molecule has 2 heterocycles. The fourth-order valence-corrected chi connectivity index (χ4v) is 4.32. The number of likely N-dealkylation sites (tertiary alicyclic amines) is 1. The lowest BCUT2D eigenvalue weighted by Gasteiger charge is -2.18. The molecule has 5 nitrogen and oxygen atoms in total. The fourth-order valence-electron chi connectivity index (χ4n) is 4.13. The van der Waals surface area contributed by atoms with Crippen LogP contribution in [0.4, 0.5) is 0 Å². The third-order valence-electron chi connectivity index (χ3n) is 5.49. The predicted octanol–water partition coefficient (Wildman–Crippen LogP) is 3.07. The Labute approximate surface area is 158 Å². The van der Waals surface area contributed by atoms with Crippen LogP contribution in [0.2, 0.25) is 5.02 Å². The average molecular weight is 381 g/mol. The van der Waals surface area contributed by atoms with E-state index in [0.717, 1.165) is 37.3 Å². The lowest BCUT2D eigenvalue weighted by molar-refractivity contribution is 0.0779. The van der Waals surface area contributed by atoms with Crippen molar-refractivity contribution in [1.82, 2.24) is 14.7 Å². The maximum atomic E-state index is 12.9. The van der Waals surface area contributed by atoms with Gasteiger partial charge in [-0.3, -0.25) is 4.79 Å². The van der Waals surface area contributed by atoms with E-state index < -0.39 is 0 Å². The van der Waals surface area contributed by atoms with Crippen LogP contribution in [-0.4, -0.2) is 39.7 Å². The van der Waals surface area contributed by atoms with Crippen LogP contribution >= 0.6 is 24.0 Å². The molecular weight excluding hydrogens is 359 g/mol. The van der Waals surface area contributed by atoms with E-state index in [2.05, 4.69) is 5.10 Å². The van der Waals surface area contributed by atoms with E-state index in [1.54, 1.807) is 10.9 Å². The number of carbonyl (C=O) groups is 1. The molecule has 0 spiro atoms. The molecule has 25 heavy (non-hydrogen) atoms. The van der Waals surface area contributed by atoms with Crippen LogP contribution in [0.3, 0.4) is 0 Å². The molecule has 1 saturated heterocycles. The highest BCUT2D eigenvalue weighted by atomic mass is 35.5. The van der Waals surface area contributed by atoms with Gasteiger partial charge < -0.3 is 10.6 Å². The van der Waals surface area contributed by atoms with Crippen molar-refractivity contribution in [2.45, 2.75) is 25.8 Å². The Morgan fingerprint density at radius 2 is 2.12 bits per heavy atom. The van der Waals surface area contributed by atoms with Crippen LogP contribution in [0.1, 0.15) is 28.9 Å². The Morgan fingerprint density at radius 3 is 2.84 bits per heavy atom. The molecule has 2 aliphatic rings. The van der Waals surface area contributed by atoms with E-state index in [9.17, 15) is 4.79 Å². The Kier molecular flexibility index (Phi) is 5.09. The summed E-state index contributed by atoms with van der Waals surface area (Å²) in [6.07, 6.45) is 3.88. The molecule has 3 atom stereocenters. The first-order chi connectivity index (χ1) is 11.5. The van der Waals surface area contributed by atoms with Gasteiger partial charge in [-0.2, -0.15) is 5.10 Å². The van der Waals surface area contributed by atoms with Gasteiger partial charge in [-0.05, 0) is 49.8 Å². The van der Waals surface area contributed by atoms with E-state index in [-0.39, 0.29) is 24.4 Å². The van der Waals surface area contributed by atoms with Gasteiger partial charge in [0.1, 0.15) is 0 Å². The maximum absolute atomic E-state index is 12.9. The first-order valence-corrected chi connectivity index (χ1v) is 8.78. The molecule has 3 unspecified atom stereocenters. The first kappa shape index (κ1) is 18.2. The van der Waals surface area contributed by atoms with Crippen LogP contribution in [0, 0.1) is 18.8 Å². The summed E-state index contributed by atoms with van der Waals surface area (Å²) in [6, 6.07) is 7.71. The molecule has 2 aromatic rings. The van der Waals surface area contributed by atoms with Gasteiger partial charge in [0.2, 0.25) is 0 Å². The number of benzene rings is 1. The smallest absolute Gasteiger partial charge is 0.257 e. The molecule has 7 heteroatoms. The van der Waals surface area contributed by atoms with Gasteiger partial charge in [0.15, 0.2) is 0 Å². The Hall–Kier alpha value is -1.56. The van der Waals surface area contributed by atoms with Gasteiger partial charge in [-0.1, -0.05) is 17.7 Å². The molecule has 1 aromatic carbocycles. The highest BCUT2D eigenvalue weighted by Gasteiger charge is 2.43. The summed E-state index contributed by atoms with van der Waals surface area (Å²) >= 11 is 6.06. The van der Waals surface area contributed by atoms with Crippen molar-refractivity contribution < 1.29 is 4.79 Å². The number of nitrogens with zero attached hydrogens (tertiary/aromatic N) is 3. The minimum Gasteiger partial charge on any atom is -0.338 e. The van der Waals surface area contributed by atoms with Crippen LogP contribution in [0.15, 0.2) is 30.5 Å². The van der Waals surface area contributed by atoms with E-state index in [4.69, 9.17) is 17.3 Å². The molecule has 2 fully saturated rings. The summed E-state index contributed by atoms with van der Waals surface area (Å²) in [5.41, 5.74) is 8.53. The number of amides is 1. The molecule has 1 aliphatic heterocycles. The molecule has 1 saturated carbocycles. The number of rotatable bonds is 2. The summed E-state index contributed by atoms with van der Waals surface area (Å²) in [6.45, 7) is 3.51. The lowest BCUT2D eigenvalue weighted by Crippen LogP contribution is -2.33. The number of hydrogen-bond donors (Lipinski definition) is 1. The maximum Gasteiger partial charge on any atom is 0.257 e. The minimum atomic E-state index is 0. The normalized spacial score (nSPS) is 24.9. The predicted molar refractivity (Wildman–Crippen MR) is 101 cm³/mol. The standard InChI is InChI=1S/C18H21ClN4O.ClH/c1-11-15(8-21-23(11)14-4-2-3-13(19)7-14)18(24)22-9-12-5-6-17(20)16(12)10-22;/h2-4,7-8,12,16-17H,5-6,9-10,20H2,1H3;1H. The Bertz CT molecular complexity index is 791. The summed E-state index contributed by atoms with van der Waals surface area (Å²) < 4.78 is 1.77. The van der Waals surface area contributed by atoms with Gasteiger partial charge in [0.05, 0.1) is 23.1 Å². The van der Waals surface area contributed by atoms with Crippen LogP contribution in [-0.2, 0) is 0 Å². The summed E-state index contributed by atoms with van der Waals surface area (Å²) in [7, 11) is 0. The number of fused-ring (bicyclic) bond motifs is 1. The average Bonchev–Trinajstić information content (AvgIpc) is 3.23. The van der Waals surface area contributed by atoms with Crippen molar-refractivity contribution in [3.8, 4) is 5.69 Å². The summed E-state index contributed by atoms with van der Waals surface area (Å²) in [5.74, 6) is 1.08. The second kappa shape index (κ2) is 6.98. The van der Waals surface area contributed by atoms with Crippen molar-refractivity contribution in [1.29, 1.82) is 0 Å². The van der Waals surface area contributed by atoms with Crippen LogP contribution < -0.4 is 5.73 Å². The summed E-state index contributed by atoms with van der Waals surface area (Å²) in [5, 5.41) is 5.04. The Balaban J connectivity index is 0.00000182. The zero-order valence-electron chi connectivity index (χ0n) is 14.1. The van der Waals surface area contributed by atoms with Gasteiger partial charge in [-0.25, -0.2) is 4.68 Å². The zero-order chi connectivity index (χ0) is 16.8. The van der Waals surface area contributed by atoms with E-state index >= 15 is 0 Å². The van der Waals surface area contributed by atoms with Crippen molar-refractivity contribution in [2.75, 3.05) is 13.1 Å². The fraction of sp³-hybridized carbons (Fsp3) is 0.444. The van der Waals surface area contributed by atoms with Crippen molar-refractivity contribution in [3.05, 3.63) is 46.7 Å². The SMILES string of the molecule is Cc1c(C(=O)N2CC3CCC(N)C3C2)cnn1-c1cccc(Cl)c1.Cl. The highest BCUT2D eigenvalue weighted by molar-refractivity contribution is 6.30. The van der Waals surface area contributed by atoms with E-state index in [1.807, 2.05) is 36.1 Å². The zero-order valence-corrected chi connectivity index (χ0v) is 15.6. The monoisotopic (exact) mass is 380 g/mol. The minimum absolute atomic E-state index is 0. The molecule has 2 N–H and O–H groups in total. The molecule has 134 valence electrons. The molecular formula is C18H22Cl2N4O. The highest BCUT2D eigenvalue weighted by Crippen LogP contribution is 2.37. The van der Waals surface area contributed by atoms with Crippen LogP contribution in [0.25, 0.3) is 5.69 Å². The number of halogens is 2. The quantitative estimate of drug-likeness (QED) is 0.870. The number of carbonyl (C=O) groups excluding carboxylic acids is 1. The number of aromatic nitrogens is 2. The van der Waals surface area contributed by atoms with Crippen molar-refractivity contribution in [3.63, 3.8) is 0 Å². The number of hydrogen-bond acceptors (Lipinski definition) is 3. The van der Waals surface area contributed by atoms with Gasteiger partial charge in [0, 0.05) is 24.2 Å². The molecule has 1 aliphatic carbocycles. The topological polar surface area (TPSA) is 64.2 Å². The lowest BCUT2D eigenvalue weighted by atomic mass is 9.98. The van der Waals surface area contributed by atoms with Gasteiger partial charge in [-0.15, -0.1) is 12.4 Å². The Morgan fingerprint density at radius 1 is 1.32 bits per heavy atom. The van der Waals surface area contributed by atoms with E-state index in [1.165, 1.54) is 0 Å². The third kappa shape index (κ3) is 3.16. The van der Waals surface area contributed by atoms with Crippen LogP contribution in [0.5, 0.6) is 0 Å². The molecule has 0 radical (unpaired) electrons. The van der Waals surface area contributed by atoms with E-state index in [0.29, 0.717) is 22.4 Å². The van der Waals surface area contributed by atoms with Gasteiger partial charge in [0.25, 0.3) is 5.91 Å². The molecule has 1 aromatic heterocycles. The molecule has 0 bridgehead atoms. The second-order valence-corrected chi connectivity index (χ2v) is 7.35. The largest absolute Gasteiger partial charge is 0.338 e. The molecule has 4 rings (SSSR count). The third-order valence-corrected chi connectivity index (χ3v) is 5.73. The molecule has 1 amide bonds.